The zero-order valence-corrected chi connectivity index (χ0v) is 20.9. The van der Waals surface area contributed by atoms with Crippen LogP contribution in [0.15, 0.2) is 23.8 Å². The summed E-state index contributed by atoms with van der Waals surface area (Å²) in [5.41, 5.74) is 2.54. The standard InChI is InChI=1S/C29H48O/c1-19(2)9-8-10-20(3)22-12-13-23-21-11-14-25-27(4,5)26(30)16-18-29(25,7)24(21)15-17-28(22,23)6/h10-11,14,19,21-26,30H,8-9,12-13,15-18H2,1-7H3/b20-10-/t21-,22+,23-,24-,25-,26-,28+,29+/m0/s1. The van der Waals surface area contributed by atoms with Gasteiger partial charge in [-0.3, -0.25) is 0 Å². The molecule has 30 heavy (non-hydrogen) atoms. The molecule has 4 rings (SSSR count). The summed E-state index contributed by atoms with van der Waals surface area (Å²) < 4.78 is 0. The van der Waals surface area contributed by atoms with Crippen LogP contribution in [0.1, 0.15) is 99.8 Å². The van der Waals surface area contributed by atoms with Gasteiger partial charge in [0.1, 0.15) is 0 Å². The Bertz CT molecular complexity index is 699. The highest BCUT2D eigenvalue weighted by atomic mass is 16.3. The van der Waals surface area contributed by atoms with Gasteiger partial charge >= 0.3 is 0 Å². The highest BCUT2D eigenvalue weighted by Crippen LogP contribution is 2.68. The molecule has 0 saturated heterocycles. The minimum atomic E-state index is -0.153. The molecule has 0 aromatic carbocycles. The normalized spacial score (nSPS) is 47.7. The molecular weight excluding hydrogens is 364 g/mol. The maximum atomic E-state index is 10.7. The molecule has 4 aliphatic rings. The van der Waals surface area contributed by atoms with Gasteiger partial charge in [-0.25, -0.2) is 0 Å². The lowest BCUT2D eigenvalue weighted by Crippen LogP contribution is -2.57. The Morgan fingerprint density at radius 1 is 0.967 bits per heavy atom. The largest absolute Gasteiger partial charge is 0.393 e. The average molecular weight is 413 g/mol. The fourth-order valence-electron chi connectivity index (χ4n) is 8.92. The van der Waals surface area contributed by atoms with Crippen LogP contribution in [-0.4, -0.2) is 11.2 Å². The molecule has 1 nitrogen and oxygen atoms in total. The topological polar surface area (TPSA) is 20.2 Å². The van der Waals surface area contributed by atoms with Crippen LogP contribution in [0.25, 0.3) is 0 Å². The molecule has 3 fully saturated rings. The molecule has 0 heterocycles. The van der Waals surface area contributed by atoms with Gasteiger partial charge in [0.25, 0.3) is 0 Å². The van der Waals surface area contributed by atoms with Crippen LogP contribution in [0.4, 0.5) is 0 Å². The van der Waals surface area contributed by atoms with Gasteiger partial charge in [-0.1, -0.05) is 65.3 Å². The van der Waals surface area contributed by atoms with Crippen molar-refractivity contribution in [3.05, 3.63) is 23.8 Å². The van der Waals surface area contributed by atoms with Crippen LogP contribution < -0.4 is 0 Å². The number of aliphatic hydroxyl groups excluding tert-OH is 1. The van der Waals surface area contributed by atoms with E-state index in [9.17, 15) is 5.11 Å². The van der Waals surface area contributed by atoms with E-state index in [0.717, 1.165) is 36.0 Å². The second-order valence-electron chi connectivity index (χ2n) is 13.1. The number of hydrogen-bond acceptors (Lipinski definition) is 1. The van der Waals surface area contributed by atoms with E-state index in [1.54, 1.807) is 5.57 Å². The molecule has 4 aliphatic carbocycles. The lowest BCUT2D eigenvalue weighted by atomic mass is 9.43. The number of allylic oxidation sites excluding steroid dienone is 4. The number of aliphatic hydroxyl groups is 1. The lowest BCUT2D eigenvalue weighted by molar-refractivity contribution is -0.132. The van der Waals surface area contributed by atoms with Crippen LogP contribution in [0.3, 0.4) is 0 Å². The Balaban J connectivity index is 1.58. The molecule has 0 unspecified atom stereocenters. The molecule has 1 N–H and O–H groups in total. The minimum absolute atomic E-state index is 0.00315. The monoisotopic (exact) mass is 412 g/mol. The zero-order chi connectivity index (χ0) is 21.9. The van der Waals surface area contributed by atoms with Gasteiger partial charge in [0.2, 0.25) is 0 Å². The highest BCUT2D eigenvalue weighted by Gasteiger charge is 2.61. The minimum Gasteiger partial charge on any atom is -0.393 e. The first-order valence-electron chi connectivity index (χ1n) is 13.0. The van der Waals surface area contributed by atoms with Crippen molar-refractivity contribution < 1.29 is 5.11 Å². The summed E-state index contributed by atoms with van der Waals surface area (Å²) in [6, 6.07) is 0. The molecule has 8 atom stereocenters. The molecule has 0 spiro atoms. The third-order valence-corrected chi connectivity index (χ3v) is 10.8. The fraction of sp³-hybridized carbons (Fsp3) is 0.862. The van der Waals surface area contributed by atoms with Gasteiger partial charge in [0, 0.05) is 0 Å². The van der Waals surface area contributed by atoms with E-state index >= 15 is 0 Å². The smallest absolute Gasteiger partial charge is 0.0597 e. The first kappa shape index (κ1) is 22.6. The van der Waals surface area contributed by atoms with E-state index in [0.29, 0.717) is 16.7 Å². The van der Waals surface area contributed by atoms with E-state index in [1.807, 2.05) is 0 Å². The Morgan fingerprint density at radius 3 is 2.33 bits per heavy atom. The van der Waals surface area contributed by atoms with Gasteiger partial charge in [0.15, 0.2) is 0 Å². The summed E-state index contributed by atoms with van der Waals surface area (Å²) in [5.74, 6) is 4.52. The summed E-state index contributed by atoms with van der Waals surface area (Å²) in [4.78, 5) is 0. The van der Waals surface area contributed by atoms with Gasteiger partial charge in [0.05, 0.1) is 6.10 Å². The third kappa shape index (κ3) is 3.37. The third-order valence-electron chi connectivity index (χ3n) is 10.8. The molecule has 0 aromatic heterocycles. The molecule has 3 saturated carbocycles. The Labute approximate surface area is 186 Å². The second kappa shape index (κ2) is 7.79. The molecule has 0 amide bonds. The Morgan fingerprint density at radius 2 is 1.63 bits per heavy atom. The predicted molar refractivity (Wildman–Crippen MR) is 128 cm³/mol. The molecule has 0 bridgehead atoms. The van der Waals surface area contributed by atoms with Gasteiger partial charge < -0.3 is 5.11 Å². The summed E-state index contributed by atoms with van der Waals surface area (Å²) in [6.45, 7) is 17.0. The second-order valence-corrected chi connectivity index (χ2v) is 13.1. The van der Waals surface area contributed by atoms with Crippen molar-refractivity contribution in [2.24, 2.45) is 51.8 Å². The zero-order valence-electron chi connectivity index (χ0n) is 20.9. The fourth-order valence-corrected chi connectivity index (χ4v) is 8.92. The lowest BCUT2D eigenvalue weighted by Gasteiger charge is -2.62. The quantitative estimate of drug-likeness (QED) is 0.467. The molecule has 170 valence electrons. The maximum Gasteiger partial charge on any atom is 0.0597 e. The molecule has 0 radical (unpaired) electrons. The van der Waals surface area contributed by atoms with Gasteiger partial charge in [-0.15, -0.1) is 0 Å². The average Bonchev–Trinajstić information content (AvgIpc) is 3.02. The first-order chi connectivity index (χ1) is 14.0. The summed E-state index contributed by atoms with van der Waals surface area (Å²) in [7, 11) is 0. The van der Waals surface area contributed by atoms with Crippen molar-refractivity contribution in [1.82, 2.24) is 0 Å². The predicted octanol–water partition coefficient (Wildman–Crippen LogP) is 7.80. The Kier molecular flexibility index (Phi) is 5.87. The Hall–Kier alpha value is -0.560. The highest BCUT2D eigenvalue weighted by molar-refractivity contribution is 5.23. The molecule has 0 aliphatic heterocycles. The van der Waals surface area contributed by atoms with Crippen molar-refractivity contribution in [2.45, 2.75) is 106 Å². The van der Waals surface area contributed by atoms with Crippen molar-refractivity contribution in [1.29, 1.82) is 0 Å². The van der Waals surface area contributed by atoms with E-state index in [1.165, 1.54) is 44.9 Å². The van der Waals surface area contributed by atoms with Crippen LogP contribution in [0.2, 0.25) is 0 Å². The van der Waals surface area contributed by atoms with Crippen molar-refractivity contribution >= 4 is 0 Å². The summed E-state index contributed by atoms with van der Waals surface area (Å²) >= 11 is 0. The van der Waals surface area contributed by atoms with Gasteiger partial charge in [-0.2, -0.15) is 0 Å². The van der Waals surface area contributed by atoms with Crippen molar-refractivity contribution in [3.8, 4) is 0 Å². The van der Waals surface area contributed by atoms with Crippen molar-refractivity contribution in [2.75, 3.05) is 0 Å². The number of hydrogen-bond donors (Lipinski definition) is 1. The molecule has 0 aromatic rings. The summed E-state index contributed by atoms with van der Waals surface area (Å²) in [6.07, 6.45) is 18.0. The first-order valence-corrected chi connectivity index (χ1v) is 13.0. The van der Waals surface area contributed by atoms with E-state index in [2.05, 4.69) is 66.7 Å². The van der Waals surface area contributed by atoms with Crippen molar-refractivity contribution in [3.63, 3.8) is 0 Å². The van der Waals surface area contributed by atoms with E-state index in [-0.39, 0.29) is 11.5 Å². The summed E-state index contributed by atoms with van der Waals surface area (Å²) in [5, 5.41) is 10.7. The van der Waals surface area contributed by atoms with Gasteiger partial charge in [-0.05, 0) is 110 Å². The number of fused-ring (bicyclic) bond motifs is 5. The van der Waals surface area contributed by atoms with E-state index in [4.69, 9.17) is 0 Å². The molecule has 1 heteroatoms. The van der Waals surface area contributed by atoms with E-state index < -0.39 is 0 Å². The SMILES string of the molecule is C/C(=C/CCC(C)C)[C@H]1CC[C@H]2[C@@H]3C=C[C@H]4C(C)(C)[C@@H](O)CC[C@]4(C)[C@H]3CC[C@]12C. The number of rotatable bonds is 4. The van der Waals surface area contributed by atoms with Crippen LogP contribution in [-0.2, 0) is 0 Å². The van der Waals surface area contributed by atoms with Crippen LogP contribution in [0, 0.1) is 51.8 Å². The molecular formula is C29H48O. The maximum absolute atomic E-state index is 10.7. The van der Waals surface area contributed by atoms with Crippen LogP contribution in [0.5, 0.6) is 0 Å². The van der Waals surface area contributed by atoms with Crippen LogP contribution >= 0.6 is 0 Å².